The van der Waals surface area contributed by atoms with Gasteiger partial charge in [-0.25, -0.2) is 0 Å². The molecule has 7 nitrogen and oxygen atoms in total. The zero-order valence-corrected chi connectivity index (χ0v) is 13.5. The first-order chi connectivity index (χ1) is 11.7. The van der Waals surface area contributed by atoms with Gasteiger partial charge in [-0.15, -0.1) is 0 Å². The third-order valence-electron chi connectivity index (χ3n) is 4.44. The summed E-state index contributed by atoms with van der Waals surface area (Å²) in [5.41, 5.74) is 2.18. The van der Waals surface area contributed by atoms with E-state index in [9.17, 15) is 4.79 Å². The highest BCUT2D eigenvalue weighted by atomic mass is 16.3. The molecule has 1 unspecified atom stereocenters. The van der Waals surface area contributed by atoms with Crippen LogP contribution in [0.1, 0.15) is 34.9 Å². The highest BCUT2D eigenvalue weighted by Gasteiger charge is 2.28. The van der Waals surface area contributed by atoms with Gasteiger partial charge in [-0.3, -0.25) is 14.6 Å². The zero-order chi connectivity index (χ0) is 16.5. The average Bonchev–Trinajstić information content (AvgIpc) is 3.34. The lowest BCUT2D eigenvalue weighted by molar-refractivity contribution is 0.0699. The fourth-order valence-corrected chi connectivity index (χ4v) is 3.21. The second-order valence-electron chi connectivity index (χ2n) is 6.15. The lowest BCUT2D eigenvalue weighted by Gasteiger charge is -2.31. The van der Waals surface area contributed by atoms with Crippen LogP contribution in [-0.2, 0) is 7.05 Å². The van der Waals surface area contributed by atoms with E-state index in [1.807, 2.05) is 30.3 Å². The zero-order valence-electron chi connectivity index (χ0n) is 13.5. The van der Waals surface area contributed by atoms with E-state index in [2.05, 4.69) is 15.3 Å². The number of H-pyrrole nitrogens is 1. The van der Waals surface area contributed by atoms with Gasteiger partial charge in [-0.2, -0.15) is 10.2 Å². The van der Waals surface area contributed by atoms with E-state index in [1.54, 1.807) is 23.1 Å². The first-order valence-corrected chi connectivity index (χ1v) is 8.09. The van der Waals surface area contributed by atoms with E-state index in [0.717, 1.165) is 25.1 Å². The molecule has 4 rings (SSSR count). The highest BCUT2D eigenvalue weighted by molar-refractivity contribution is 5.93. The second-order valence-corrected chi connectivity index (χ2v) is 6.15. The van der Waals surface area contributed by atoms with Crippen molar-refractivity contribution in [2.45, 2.75) is 18.8 Å². The van der Waals surface area contributed by atoms with Crippen LogP contribution in [-0.4, -0.2) is 43.9 Å². The second kappa shape index (κ2) is 5.99. The number of hydrogen-bond acceptors (Lipinski definition) is 4. The standard InChI is InChI=1S/C17H19N5O2/c1-21-8-6-13(20-21)12-4-2-7-22(11-12)17(23)15-10-14(18-19-15)16-5-3-9-24-16/h3,5-6,8-10,12H,2,4,7,11H2,1H3,(H,18,19). The molecule has 1 atom stereocenters. The van der Waals surface area contributed by atoms with E-state index in [0.29, 0.717) is 23.7 Å². The number of amides is 1. The Bertz CT molecular complexity index is 833. The molecule has 0 bridgehead atoms. The van der Waals surface area contributed by atoms with Gasteiger partial charge in [0.25, 0.3) is 5.91 Å². The lowest BCUT2D eigenvalue weighted by Crippen LogP contribution is -2.39. The molecule has 1 fully saturated rings. The minimum Gasteiger partial charge on any atom is -0.463 e. The number of nitrogens with zero attached hydrogens (tertiary/aromatic N) is 4. The number of rotatable bonds is 3. The lowest BCUT2D eigenvalue weighted by atomic mass is 9.95. The van der Waals surface area contributed by atoms with Crippen molar-refractivity contribution in [2.24, 2.45) is 7.05 Å². The smallest absolute Gasteiger partial charge is 0.274 e. The summed E-state index contributed by atoms with van der Waals surface area (Å²) in [6.45, 7) is 1.43. The Labute approximate surface area is 139 Å². The van der Waals surface area contributed by atoms with Crippen molar-refractivity contribution in [3.05, 3.63) is 48.1 Å². The van der Waals surface area contributed by atoms with Gasteiger partial charge in [0.05, 0.1) is 12.0 Å². The van der Waals surface area contributed by atoms with Crippen molar-refractivity contribution in [1.29, 1.82) is 0 Å². The van der Waals surface area contributed by atoms with Crippen LogP contribution in [0, 0.1) is 0 Å². The molecule has 0 spiro atoms. The third kappa shape index (κ3) is 2.73. The Morgan fingerprint density at radius 3 is 3.08 bits per heavy atom. The van der Waals surface area contributed by atoms with Gasteiger partial charge in [-0.05, 0) is 31.0 Å². The first-order valence-electron chi connectivity index (χ1n) is 8.09. The van der Waals surface area contributed by atoms with Crippen molar-refractivity contribution >= 4 is 5.91 Å². The van der Waals surface area contributed by atoms with E-state index in [1.165, 1.54) is 0 Å². The van der Waals surface area contributed by atoms with Gasteiger partial charge in [0.1, 0.15) is 5.69 Å². The van der Waals surface area contributed by atoms with E-state index < -0.39 is 0 Å². The maximum atomic E-state index is 12.8. The van der Waals surface area contributed by atoms with Crippen molar-refractivity contribution in [3.63, 3.8) is 0 Å². The Morgan fingerprint density at radius 1 is 1.42 bits per heavy atom. The maximum absolute atomic E-state index is 12.8. The molecule has 1 aliphatic heterocycles. The first kappa shape index (κ1) is 14.7. The fourth-order valence-electron chi connectivity index (χ4n) is 3.21. The SMILES string of the molecule is Cn1ccc(C2CCCN(C(=O)c3cc(-c4ccco4)[nH]n3)C2)n1. The number of carbonyl (C=O) groups is 1. The van der Waals surface area contributed by atoms with Gasteiger partial charge in [0.2, 0.25) is 0 Å². The molecule has 7 heteroatoms. The van der Waals surface area contributed by atoms with Crippen molar-refractivity contribution in [2.75, 3.05) is 13.1 Å². The third-order valence-corrected chi connectivity index (χ3v) is 4.44. The number of furan rings is 1. The Hall–Kier alpha value is -2.83. The molecular weight excluding hydrogens is 306 g/mol. The number of aromatic amines is 1. The number of likely N-dealkylation sites (tertiary alicyclic amines) is 1. The van der Waals surface area contributed by atoms with Gasteiger partial charge >= 0.3 is 0 Å². The van der Waals surface area contributed by atoms with Crippen LogP contribution in [0.2, 0.25) is 0 Å². The summed E-state index contributed by atoms with van der Waals surface area (Å²) in [7, 11) is 1.91. The number of aryl methyl sites for hydroxylation is 1. The molecule has 1 aliphatic rings. The molecule has 1 saturated heterocycles. The van der Waals surface area contributed by atoms with Gasteiger partial charge in [0, 0.05) is 38.3 Å². The molecule has 1 amide bonds. The average molecular weight is 325 g/mol. The predicted octanol–water partition coefficient (Wildman–Crippen LogP) is 2.42. The van der Waals surface area contributed by atoms with Gasteiger partial charge in [0.15, 0.2) is 11.5 Å². The minimum absolute atomic E-state index is 0.0512. The molecule has 124 valence electrons. The molecule has 4 heterocycles. The van der Waals surface area contributed by atoms with Crippen molar-refractivity contribution in [3.8, 4) is 11.5 Å². The van der Waals surface area contributed by atoms with E-state index in [4.69, 9.17) is 4.42 Å². The fraction of sp³-hybridized carbons (Fsp3) is 0.353. The van der Waals surface area contributed by atoms with Crippen LogP contribution in [0.15, 0.2) is 41.1 Å². The monoisotopic (exact) mass is 325 g/mol. The van der Waals surface area contributed by atoms with Crippen molar-refractivity contribution in [1.82, 2.24) is 24.9 Å². The van der Waals surface area contributed by atoms with Crippen LogP contribution in [0.5, 0.6) is 0 Å². The topological polar surface area (TPSA) is 80.0 Å². The number of nitrogens with one attached hydrogen (secondary N) is 1. The normalized spacial score (nSPS) is 18.0. The van der Waals surface area contributed by atoms with E-state index >= 15 is 0 Å². The van der Waals surface area contributed by atoms with Gasteiger partial charge < -0.3 is 9.32 Å². The molecule has 3 aromatic heterocycles. The summed E-state index contributed by atoms with van der Waals surface area (Å²) in [6, 6.07) is 7.41. The van der Waals surface area contributed by atoms with Crippen LogP contribution in [0.3, 0.4) is 0 Å². The minimum atomic E-state index is -0.0512. The largest absolute Gasteiger partial charge is 0.463 e. The molecule has 1 N–H and O–H groups in total. The summed E-state index contributed by atoms with van der Waals surface area (Å²) in [4.78, 5) is 14.6. The number of piperidine rings is 1. The quantitative estimate of drug-likeness (QED) is 0.802. The van der Waals surface area contributed by atoms with Crippen LogP contribution in [0.25, 0.3) is 11.5 Å². The van der Waals surface area contributed by atoms with E-state index in [-0.39, 0.29) is 11.8 Å². The van der Waals surface area contributed by atoms with Gasteiger partial charge in [-0.1, -0.05) is 0 Å². The molecule has 24 heavy (non-hydrogen) atoms. The van der Waals surface area contributed by atoms with Crippen LogP contribution >= 0.6 is 0 Å². The summed E-state index contributed by atoms with van der Waals surface area (Å²) < 4.78 is 7.13. The summed E-state index contributed by atoms with van der Waals surface area (Å²) in [5, 5.41) is 11.5. The van der Waals surface area contributed by atoms with Crippen LogP contribution in [0.4, 0.5) is 0 Å². The molecule has 0 radical (unpaired) electrons. The Balaban J connectivity index is 1.50. The highest BCUT2D eigenvalue weighted by Crippen LogP contribution is 2.27. The predicted molar refractivity (Wildman–Crippen MR) is 87.4 cm³/mol. The van der Waals surface area contributed by atoms with Crippen molar-refractivity contribution < 1.29 is 9.21 Å². The molecule has 3 aromatic rings. The maximum Gasteiger partial charge on any atom is 0.274 e. The molecule has 0 aromatic carbocycles. The number of hydrogen-bond donors (Lipinski definition) is 1. The summed E-state index contributed by atoms with van der Waals surface area (Å²) >= 11 is 0. The summed E-state index contributed by atoms with van der Waals surface area (Å²) in [5.74, 6) is 0.906. The number of carbonyl (C=O) groups excluding carboxylic acids is 1. The summed E-state index contributed by atoms with van der Waals surface area (Å²) in [6.07, 6.45) is 5.57. The molecule has 0 saturated carbocycles. The Morgan fingerprint density at radius 2 is 2.33 bits per heavy atom. The Kier molecular flexibility index (Phi) is 3.68. The molecular formula is C17H19N5O2. The number of aromatic nitrogens is 4. The van der Waals surface area contributed by atoms with Crippen LogP contribution < -0.4 is 0 Å². The molecule has 0 aliphatic carbocycles.